The minimum absolute atomic E-state index is 0.0279. The van der Waals surface area contributed by atoms with Gasteiger partial charge in [-0.15, -0.1) is 0 Å². The zero-order chi connectivity index (χ0) is 11.4. The monoisotopic (exact) mass is 275 g/mol. The number of alkyl halides is 1. The van der Waals surface area contributed by atoms with E-state index in [2.05, 4.69) is 26.2 Å². The topological polar surface area (TPSA) is 88.0 Å². The minimum atomic E-state index is -0.579. The first-order chi connectivity index (χ1) is 7.04. The number of hydrogen-bond donors (Lipinski definition) is 2. The molecular formula is C8H10BrN3O3. The van der Waals surface area contributed by atoms with E-state index in [0.717, 1.165) is 0 Å². The van der Waals surface area contributed by atoms with Crippen molar-refractivity contribution in [3.63, 3.8) is 0 Å². The molecule has 0 spiro atoms. The lowest BCUT2D eigenvalue weighted by molar-refractivity contribution is -0.389. The number of carbonyl (C=O) groups excluding carboxylic acids is 1. The Morgan fingerprint density at radius 3 is 2.87 bits per heavy atom. The van der Waals surface area contributed by atoms with E-state index in [0.29, 0.717) is 5.33 Å². The Bertz CT molecular complexity index is 377. The Balaban J connectivity index is 2.70. The molecule has 1 aromatic rings. The molecule has 1 unspecified atom stereocenters. The van der Waals surface area contributed by atoms with Crippen molar-refractivity contribution in [2.45, 2.75) is 13.0 Å². The molecule has 0 aliphatic heterocycles. The van der Waals surface area contributed by atoms with Gasteiger partial charge >= 0.3 is 5.82 Å². The maximum atomic E-state index is 11.5. The minimum Gasteiger partial charge on any atom is -0.358 e. The Morgan fingerprint density at radius 1 is 1.73 bits per heavy atom. The van der Waals surface area contributed by atoms with Gasteiger partial charge in [0, 0.05) is 17.4 Å². The SMILES string of the molecule is CC(CBr)NC(=O)c1ccc([N+](=O)[O-])[nH]1. The molecule has 2 N–H and O–H groups in total. The van der Waals surface area contributed by atoms with Crippen LogP contribution in [0.2, 0.25) is 0 Å². The van der Waals surface area contributed by atoms with Crippen LogP contribution in [0.4, 0.5) is 5.82 Å². The fourth-order valence-corrected chi connectivity index (χ4v) is 1.12. The molecule has 6 nitrogen and oxygen atoms in total. The Kier molecular flexibility index (Phi) is 3.84. The van der Waals surface area contributed by atoms with Crippen molar-refractivity contribution in [3.05, 3.63) is 27.9 Å². The average Bonchev–Trinajstić information content (AvgIpc) is 2.66. The smallest absolute Gasteiger partial charge is 0.321 e. The summed E-state index contributed by atoms with van der Waals surface area (Å²) in [5, 5.41) is 13.6. The summed E-state index contributed by atoms with van der Waals surface area (Å²) in [6.45, 7) is 1.82. The molecule has 0 radical (unpaired) electrons. The standard InChI is InChI=1S/C8H10BrN3O3/c1-5(4-9)10-8(13)6-2-3-7(11-6)12(14)15/h2-3,5,11H,4H2,1H3,(H,10,13). The van der Waals surface area contributed by atoms with Gasteiger partial charge in [-0.25, -0.2) is 4.98 Å². The summed E-state index contributed by atoms with van der Waals surface area (Å²) < 4.78 is 0. The molecule has 1 atom stereocenters. The second kappa shape index (κ2) is 4.92. The van der Waals surface area contributed by atoms with Crippen LogP contribution >= 0.6 is 15.9 Å². The van der Waals surface area contributed by atoms with Crippen LogP contribution in [-0.2, 0) is 0 Å². The van der Waals surface area contributed by atoms with Crippen molar-refractivity contribution in [2.24, 2.45) is 0 Å². The van der Waals surface area contributed by atoms with Crippen LogP contribution in [-0.4, -0.2) is 27.2 Å². The summed E-state index contributed by atoms with van der Waals surface area (Å²) in [4.78, 5) is 23.7. The van der Waals surface area contributed by atoms with E-state index in [1.807, 2.05) is 6.92 Å². The first-order valence-electron chi connectivity index (χ1n) is 4.25. The van der Waals surface area contributed by atoms with Crippen molar-refractivity contribution >= 4 is 27.7 Å². The lowest BCUT2D eigenvalue weighted by Gasteiger charge is -2.07. The maximum absolute atomic E-state index is 11.5. The van der Waals surface area contributed by atoms with Crippen molar-refractivity contribution in [2.75, 3.05) is 5.33 Å². The first kappa shape index (κ1) is 11.7. The molecule has 1 amide bonds. The third kappa shape index (κ3) is 3.05. The molecule has 0 fully saturated rings. The number of nitrogens with zero attached hydrogens (tertiary/aromatic N) is 1. The van der Waals surface area contributed by atoms with Crippen molar-refractivity contribution in [3.8, 4) is 0 Å². The number of aromatic amines is 1. The lowest BCUT2D eigenvalue weighted by atomic mass is 10.3. The van der Waals surface area contributed by atoms with Crippen molar-refractivity contribution in [1.82, 2.24) is 10.3 Å². The van der Waals surface area contributed by atoms with Gasteiger partial charge in [0.25, 0.3) is 5.91 Å². The van der Waals surface area contributed by atoms with E-state index >= 15 is 0 Å². The van der Waals surface area contributed by atoms with Crippen LogP contribution in [0.3, 0.4) is 0 Å². The van der Waals surface area contributed by atoms with Gasteiger partial charge in [-0.3, -0.25) is 4.79 Å². The van der Waals surface area contributed by atoms with Gasteiger partial charge in [0.2, 0.25) is 0 Å². The number of amides is 1. The maximum Gasteiger partial charge on any atom is 0.321 e. The summed E-state index contributed by atoms with van der Waals surface area (Å²) in [5.74, 6) is -0.540. The van der Waals surface area contributed by atoms with E-state index in [-0.39, 0.29) is 23.5 Å². The number of rotatable bonds is 4. The molecule has 0 bridgehead atoms. The number of carbonyl (C=O) groups is 1. The van der Waals surface area contributed by atoms with Crippen molar-refractivity contribution < 1.29 is 9.72 Å². The third-order valence-electron chi connectivity index (χ3n) is 1.72. The highest BCUT2D eigenvalue weighted by molar-refractivity contribution is 9.09. The number of halogens is 1. The molecule has 15 heavy (non-hydrogen) atoms. The molecule has 1 aromatic heterocycles. The van der Waals surface area contributed by atoms with Crippen LogP contribution in [0.5, 0.6) is 0 Å². The van der Waals surface area contributed by atoms with Crippen molar-refractivity contribution in [1.29, 1.82) is 0 Å². The van der Waals surface area contributed by atoms with Gasteiger partial charge in [-0.05, 0) is 17.9 Å². The van der Waals surface area contributed by atoms with Crippen LogP contribution < -0.4 is 5.32 Å². The van der Waals surface area contributed by atoms with Gasteiger partial charge in [-0.2, -0.15) is 0 Å². The summed E-state index contributed by atoms with van der Waals surface area (Å²) in [7, 11) is 0. The van der Waals surface area contributed by atoms with E-state index < -0.39 is 4.92 Å². The van der Waals surface area contributed by atoms with E-state index in [9.17, 15) is 14.9 Å². The first-order valence-corrected chi connectivity index (χ1v) is 5.37. The molecule has 0 aliphatic rings. The van der Waals surface area contributed by atoms with Crippen LogP contribution in [0, 0.1) is 10.1 Å². The Morgan fingerprint density at radius 2 is 2.40 bits per heavy atom. The highest BCUT2D eigenvalue weighted by Gasteiger charge is 2.16. The number of hydrogen-bond acceptors (Lipinski definition) is 3. The summed E-state index contributed by atoms with van der Waals surface area (Å²) >= 11 is 3.21. The molecule has 0 saturated carbocycles. The van der Waals surface area contributed by atoms with Gasteiger partial charge in [0.05, 0.1) is 0 Å². The highest BCUT2D eigenvalue weighted by Crippen LogP contribution is 2.09. The fraction of sp³-hybridized carbons (Fsp3) is 0.375. The zero-order valence-electron chi connectivity index (χ0n) is 7.99. The fourth-order valence-electron chi connectivity index (χ4n) is 0.963. The Hall–Kier alpha value is -1.37. The predicted molar refractivity (Wildman–Crippen MR) is 58.2 cm³/mol. The van der Waals surface area contributed by atoms with E-state index in [1.54, 1.807) is 0 Å². The van der Waals surface area contributed by atoms with Crippen LogP contribution in [0.1, 0.15) is 17.4 Å². The summed E-state index contributed by atoms with van der Waals surface area (Å²) in [5.41, 5.74) is 0.189. The van der Waals surface area contributed by atoms with Crippen LogP contribution in [0.25, 0.3) is 0 Å². The lowest BCUT2D eigenvalue weighted by Crippen LogP contribution is -2.33. The van der Waals surface area contributed by atoms with Gasteiger partial charge in [-0.1, -0.05) is 15.9 Å². The predicted octanol–water partition coefficient (Wildman–Crippen LogP) is 1.44. The zero-order valence-corrected chi connectivity index (χ0v) is 9.58. The molecule has 0 aromatic carbocycles. The second-order valence-electron chi connectivity index (χ2n) is 3.04. The molecule has 7 heteroatoms. The number of nitrogens with one attached hydrogen (secondary N) is 2. The summed E-state index contributed by atoms with van der Waals surface area (Å²) in [6.07, 6.45) is 0. The average molecular weight is 276 g/mol. The number of H-pyrrole nitrogens is 1. The molecular weight excluding hydrogens is 266 g/mol. The van der Waals surface area contributed by atoms with Crippen LogP contribution in [0.15, 0.2) is 12.1 Å². The normalized spacial score (nSPS) is 12.1. The van der Waals surface area contributed by atoms with Gasteiger partial charge in [0.15, 0.2) is 5.69 Å². The number of aromatic nitrogens is 1. The summed E-state index contributed by atoms with van der Waals surface area (Å²) in [6, 6.07) is 2.61. The van der Waals surface area contributed by atoms with E-state index in [4.69, 9.17) is 0 Å². The van der Waals surface area contributed by atoms with E-state index in [1.165, 1.54) is 12.1 Å². The number of nitro groups is 1. The van der Waals surface area contributed by atoms with Gasteiger partial charge < -0.3 is 15.4 Å². The second-order valence-corrected chi connectivity index (χ2v) is 3.69. The third-order valence-corrected chi connectivity index (χ3v) is 2.69. The molecule has 82 valence electrons. The highest BCUT2D eigenvalue weighted by atomic mass is 79.9. The molecule has 1 heterocycles. The largest absolute Gasteiger partial charge is 0.358 e. The Labute approximate surface area is 94.3 Å². The molecule has 1 rings (SSSR count). The molecule has 0 aliphatic carbocycles. The van der Waals surface area contributed by atoms with Gasteiger partial charge in [0.1, 0.15) is 0 Å². The molecule has 0 saturated heterocycles. The quantitative estimate of drug-likeness (QED) is 0.495.